The van der Waals surface area contributed by atoms with Gasteiger partial charge in [-0.1, -0.05) is 18.2 Å². The molecule has 0 unspecified atom stereocenters. The second-order valence-corrected chi connectivity index (χ2v) is 10.1. The second-order valence-electron chi connectivity index (χ2n) is 10.1. The van der Waals surface area contributed by atoms with Gasteiger partial charge >= 0.3 is 0 Å². The molecule has 3 heterocycles. The minimum absolute atomic E-state index is 0.140. The van der Waals surface area contributed by atoms with Gasteiger partial charge in [0, 0.05) is 87.0 Å². The fourth-order valence-corrected chi connectivity index (χ4v) is 4.80. The summed E-state index contributed by atoms with van der Waals surface area (Å²) in [7, 11) is 3.62. The molecule has 2 aliphatic heterocycles. The number of para-hydroxylation sites is 1. The number of rotatable bonds is 7. The van der Waals surface area contributed by atoms with Crippen LogP contribution in [0.5, 0.6) is 5.75 Å². The van der Waals surface area contributed by atoms with Crippen LogP contribution in [0.3, 0.4) is 0 Å². The van der Waals surface area contributed by atoms with Gasteiger partial charge in [0.15, 0.2) is 0 Å². The van der Waals surface area contributed by atoms with Crippen molar-refractivity contribution in [3.63, 3.8) is 0 Å². The third-order valence-electron chi connectivity index (χ3n) is 6.99. The molecule has 1 atom stereocenters. The van der Waals surface area contributed by atoms with Gasteiger partial charge in [0.2, 0.25) is 5.91 Å². The largest absolute Gasteiger partial charge is 0.492 e. The quantitative estimate of drug-likeness (QED) is 0.510. The predicted octanol–water partition coefficient (Wildman–Crippen LogP) is 4.25. The molecule has 5 rings (SSSR count). The maximum atomic E-state index is 12.8. The summed E-state index contributed by atoms with van der Waals surface area (Å²) in [5.74, 6) is -0.814. The van der Waals surface area contributed by atoms with E-state index in [4.69, 9.17) is 4.74 Å². The minimum atomic E-state index is -0.651. The lowest BCUT2D eigenvalue weighted by Gasteiger charge is -2.37. The van der Waals surface area contributed by atoms with Crippen LogP contribution < -0.4 is 4.74 Å². The van der Waals surface area contributed by atoms with E-state index in [1.165, 1.54) is 22.2 Å². The first-order chi connectivity index (χ1) is 17.7. The molecule has 6 nitrogen and oxygen atoms in total. The number of nitrogens with one attached hydrogen (secondary N) is 1. The zero-order valence-electron chi connectivity index (χ0n) is 21.6. The number of benzene rings is 2. The summed E-state index contributed by atoms with van der Waals surface area (Å²) in [5, 5.41) is 1.33. The zero-order valence-corrected chi connectivity index (χ0v) is 21.6. The van der Waals surface area contributed by atoms with E-state index in [1.807, 2.05) is 19.0 Å². The predicted molar refractivity (Wildman–Crippen MR) is 138 cm³/mol. The highest BCUT2D eigenvalue weighted by Gasteiger charge is 2.28. The number of fused-ring (bicyclic) bond motifs is 3. The number of hydrogen-bond acceptors (Lipinski definition) is 4. The zero-order chi connectivity index (χ0) is 26.5. The van der Waals surface area contributed by atoms with Crippen LogP contribution in [0.15, 0.2) is 42.5 Å². The molecule has 1 fully saturated rings. The highest BCUT2D eigenvalue weighted by molar-refractivity contribution is 5.85. The van der Waals surface area contributed by atoms with E-state index in [-0.39, 0.29) is 24.2 Å². The van der Waals surface area contributed by atoms with E-state index in [0.29, 0.717) is 25.7 Å². The Hall–Kier alpha value is -3.04. The maximum absolute atomic E-state index is 12.8. The van der Waals surface area contributed by atoms with E-state index in [9.17, 15) is 18.0 Å². The molecule has 0 bridgehead atoms. The number of amides is 1. The fraction of sp³-hybridized carbons (Fsp3) is 0.464. The Morgan fingerprint density at radius 3 is 2.51 bits per heavy atom. The van der Waals surface area contributed by atoms with Crippen LogP contribution in [-0.2, 0) is 17.8 Å². The molecule has 0 radical (unpaired) electrons. The molecule has 3 aromatic rings. The molecule has 0 aliphatic carbocycles. The normalized spacial score (nSPS) is 18.1. The van der Waals surface area contributed by atoms with Crippen molar-refractivity contribution in [2.75, 3.05) is 53.6 Å². The average Bonchev–Trinajstić information content (AvgIpc) is 3.17. The number of H-pyrrole nitrogens is 1. The SMILES string of the molecule is C[C@@H]1Cc2c([nH]c3ccccc23)CN1CC(=O)N(C)C.FCC1CN(CCOc2cc(F)cc(F)c2)C1. The second kappa shape index (κ2) is 12.0. The van der Waals surface area contributed by atoms with Crippen molar-refractivity contribution in [2.45, 2.75) is 25.9 Å². The number of likely N-dealkylation sites (tertiary alicyclic amines) is 1. The maximum Gasteiger partial charge on any atom is 0.236 e. The monoisotopic (exact) mass is 516 g/mol. The van der Waals surface area contributed by atoms with Crippen molar-refractivity contribution in [2.24, 2.45) is 5.92 Å². The Labute approximate surface area is 216 Å². The summed E-state index contributed by atoms with van der Waals surface area (Å²) in [6.45, 7) is 5.69. The molecule has 0 saturated carbocycles. The van der Waals surface area contributed by atoms with Crippen molar-refractivity contribution in [3.8, 4) is 5.75 Å². The smallest absolute Gasteiger partial charge is 0.236 e. The average molecular weight is 517 g/mol. The molecule has 2 aromatic carbocycles. The summed E-state index contributed by atoms with van der Waals surface area (Å²) in [4.78, 5) is 21.4. The van der Waals surface area contributed by atoms with Gasteiger partial charge in [-0.05, 0) is 25.0 Å². The lowest BCUT2D eigenvalue weighted by molar-refractivity contribution is -0.130. The number of ether oxygens (including phenoxy) is 1. The fourth-order valence-electron chi connectivity index (χ4n) is 4.80. The van der Waals surface area contributed by atoms with E-state index in [2.05, 4.69) is 41.1 Å². The molecule has 0 spiro atoms. The van der Waals surface area contributed by atoms with Crippen molar-refractivity contribution in [1.29, 1.82) is 0 Å². The summed E-state index contributed by atoms with van der Waals surface area (Å²) >= 11 is 0. The summed E-state index contributed by atoms with van der Waals surface area (Å²) in [6, 6.07) is 11.9. The number of hydrogen-bond donors (Lipinski definition) is 1. The number of carbonyl (C=O) groups excluding carboxylic acids is 1. The third-order valence-corrected chi connectivity index (χ3v) is 6.99. The topological polar surface area (TPSA) is 51.8 Å². The van der Waals surface area contributed by atoms with Crippen LogP contribution in [0.4, 0.5) is 13.2 Å². The van der Waals surface area contributed by atoms with Crippen LogP contribution in [0.2, 0.25) is 0 Å². The molecule has 2 aliphatic rings. The lowest BCUT2D eigenvalue weighted by atomic mass is 9.98. The van der Waals surface area contributed by atoms with E-state index in [1.54, 1.807) is 4.90 Å². The van der Waals surface area contributed by atoms with Crippen molar-refractivity contribution >= 4 is 16.8 Å². The van der Waals surface area contributed by atoms with Crippen LogP contribution in [0, 0.1) is 17.6 Å². The molecule has 37 heavy (non-hydrogen) atoms. The Morgan fingerprint density at radius 2 is 1.84 bits per heavy atom. The number of alkyl halides is 1. The Morgan fingerprint density at radius 1 is 1.14 bits per heavy atom. The Kier molecular flexibility index (Phi) is 8.76. The number of nitrogens with zero attached hydrogens (tertiary/aromatic N) is 3. The summed E-state index contributed by atoms with van der Waals surface area (Å²) in [5.41, 5.74) is 3.88. The minimum Gasteiger partial charge on any atom is -0.492 e. The first kappa shape index (κ1) is 27.0. The van der Waals surface area contributed by atoms with Crippen molar-refractivity contribution in [1.82, 2.24) is 19.7 Å². The molecule has 1 N–H and O–H groups in total. The van der Waals surface area contributed by atoms with Gasteiger partial charge in [0.05, 0.1) is 13.2 Å². The molecule has 1 amide bonds. The molecule has 9 heteroatoms. The van der Waals surface area contributed by atoms with Gasteiger partial charge < -0.3 is 14.6 Å². The van der Waals surface area contributed by atoms with Crippen LogP contribution in [-0.4, -0.2) is 85.2 Å². The molecular formula is C28H35F3N4O2. The first-order valence-electron chi connectivity index (χ1n) is 12.6. The molecule has 200 valence electrons. The van der Waals surface area contributed by atoms with Gasteiger partial charge in [-0.2, -0.15) is 0 Å². The number of aromatic nitrogens is 1. The Balaban J connectivity index is 0.000000176. The van der Waals surface area contributed by atoms with Gasteiger partial charge in [-0.25, -0.2) is 8.78 Å². The van der Waals surface area contributed by atoms with E-state index >= 15 is 0 Å². The van der Waals surface area contributed by atoms with Gasteiger partial charge in [-0.15, -0.1) is 0 Å². The molecular weight excluding hydrogens is 481 g/mol. The Bertz CT molecular complexity index is 1190. The van der Waals surface area contributed by atoms with Crippen LogP contribution in [0.25, 0.3) is 10.9 Å². The highest BCUT2D eigenvalue weighted by atomic mass is 19.1. The molecule has 1 saturated heterocycles. The number of carbonyl (C=O) groups is 1. The first-order valence-corrected chi connectivity index (χ1v) is 12.6. The highest BCUT2D eigenvalue weighted by Crippen LogP contribution is 2.30. The van der Waals surface area contributed by atoms with Gasteiger partial charge in [0.25, 0.3) is 0 Å². The lowest BCUT2D eigenvalue weighted by Crippen LogP contribution is -2.49. The van der Waals surface area contributed by atoms with Crippen LogP contribution in [0.1, 0.15) is 18.2 Å². The third kappa shape index (κ3) is 6.84. The standard InChI is InChI=1S/C16H21N3O.C12H14F3NO/c1-11-8-13-12-6-4-5-7-14(12)17-15(13)9-19(11)10-16(20)18(2)3;13-6-9-7-16(8-9)1-2-17-12-4-10(14)3-11(15)5-12/h4-7,11,17H,8-10H2,1-3H3;3-5,9H,1-2,6-8H2/t11-;/m1./s1. The summed E-state index contributed by atoms with van der Waals surface area (Å²) < 4.78 is 43.0. The molecule has 1 aromatic heterocycles. The summed E-state index contributed by atoms with van der Waals surface area (Å²) in [6.07, 6.45) is 1.00. The van der Waals surface area contributed by atoms with Crippen molar-refractivity contribution in [3.05, 3.63) is 65.4 Å². The van der Waals surface area contributed by atoms with Gasteiger partial charge in [0.1, 0.15) is 24.0 Å². The number of aromatic amines is 1. The number of likely N-dealkylation sites (N-methyl/N-ethyl adjacent to an activating group) is 1. The van der Waals surface area contributed by atoms with Crippen LogP contribution >= 0.6 is 0 Å². The number of halogens is 3. The van der Waals surface area contributed by atoms with Crippen molar-refractivity contribution < 1.29 is 22.7 Å². The van der Waals surface area contributed by atoms with E-state index < -0.39 is 11.6 Å². The van der Waals surface area contributed by atoms with E-state index in [0.717, 1.165) is 44.3 Å². The van der Waals surface area contributed by atoms with Gasteiger partial charge in [-0.3, -0.25) is 19.0 Å².